The van der Waals surface area contributed by atoms with E-state index in [2.05, 4.69) is 30.3 Å². The van der Waals surface area contributed by atoms with Crippen LogP contribution in [0, 0.1) is 6.92 Å². The highest BCUT2D eigenvalue weighted by atomic mass is 19.3. The van der Waals surface area contributed by atoms with Crippen molar-refractivity contribution >= 4 is 17.0 Å². The van der Waals surface area contributed by atoms with Gasteiger partial charge in [-0.15, -0.1) is 10.2 Å². The summed E-state index contributed by atoms with van der Waals surface area (Å²) < 4.78 is 32.6. The predicted molar refractivity (Wildman–Crippen MR) is 91.7 cm³/mol. The molecule has 1 aliphatic rings. The number of aromatic nitrogens is 7. The van der Waals surface area contributed by atoms with E-state index in [0.717, 1.165) is 0 Å². The molecule has 3 aromatic rings. The summed E-state index contributed by atoms with van der Waals surface area (Å²) in [6, 6.07) is 0. The van der Waals surface area contributed by atoms with Crippen LogP contribution in [0.4, 0.5) is 14.6 Å². The highest BCUT2D eigenvalue weighted by Crippen LogP contribution is 2.33. The molecule has 27 heavy (non-hydrogen) atoms. The van der Waals surface area contributed by atoms with Crippen LogP contribution in [-0.4, -0.2) is 54.1 Å². The largest absolute Gasteiger partial charge is 0.348 e. The fraction of sp³-hybridized carbons (Fsp3) is 0.625. The number of halogens is 2. The normalized spacial score (nSPS) is 17.2. The minimum absolute atomic E-state index is 0.164. The van der Waals surface area contributed by atoms with E-state index in [1.54, 1.807) is 11.8 Å². The van der Waals surface area contributed by atoms with Gasteiger partial charge in [0.2, 0.25) is 11.5 Å². The summed E-state index contributed by atoms with van der Waals surface area (Å²) in [5.74, 6) is -0.963. The lowest BCUT2D eigenvalue weighted by Crippen LogP contribution is -2.27. The summed E-state index contributed by atoms with van der Waals surface area (Å²) >= 11 is 0. The second-order valence-corrected chi connectivity index (χ2v) is 7.79. The van der Waals surface area contributed by atoms with Gasteiger partial charge in [0.15, 0.2) is 17.2 Å². The van der Waals surface area contributed by atoms with Crippen molar-refractivity contribution in [1.29, 1.82) is 0 Å². The Labute approximate surface area is 153 Å². The van der Waals surface area contributed by atoms with Crippen molar-refractivity contribution in [3.63, 3.8) is 0 Å². The van der Waals surface area contributed by atoms with Gasteiger partial charge in [-0.05, 0) is 6.92 Å². The molecular weight excluding hydrogens is 358 g/mol. The maximum atomic E-state index is 13.8. The van der Waals surface area contributed by atoms with E-state index in [-0.39, 0.29) is 24.9 Å². The lowest BCUT2D eigenvalue weighted by molar-refractivity contribution is 0.0257. The highest BCUT2D eigenvalue weighted by molar-refractivity contribution is 5.82. The molecule has 0 unspecified atom stereocenters. The average Bonchev–Trinajstić information content (AvgIpc) is 3.24. The third-order valence-electron chi connectivity index (χ3n) is 4.26. The molecule has 9 nitrogen and oxygen atoms in total. The van der Waals surface area contributed by atoms with E-state index in [0.29, 0.717) is 34.5 Å². The molecule has 0 bridgehead atoms. The van der Waals surface area contributed by atoms with E-state index in [1.165, 1.54) is 4.80 Å². The summed E-state index contributed by atoms with van der Waals surface area (Å²) in [5.41, 5.74) is 0.381. The van der Waals surface area contributed by atoms with Gasteiger partial charge in [-0.3, -0.25) is 0 Å². The van der Waals surface area contributed by atoms with Gasteiger partial charge in [0.25, 0.3) is 5.92 Å². The second-order valence-electron chi connectivity index (χ2n) is 7.79. The maximum Gasteiger partial charge on any atom is 0.266 e. The molecule has 144 valence electrons. The lowest BCUT2D eigenvalue weighted by Gasteiger charge is -2.21. The summed E-state index contributed by atoms with van der Waals surface area (Å²) in [4.78, 5) is 16.1. The van der Waals surface area contributed by atoms with E-state index in [9.17, 15) is 8.78 Å². The van der Waals surface area contributed by atoms with Crippen molar-refractivity contribution in [1.82, 2.24) is 35.1 Å². The molecular formula is C16H20F2N8O. The SMILES string of the molecule is Cc1noc(Cn2nc3nc(C(C)(C)C)nc(N4CCC(F)(F)C4)c3n2)n1. The van der Waals surface area contributed by atoms with E-state index >= 15 is 0 Å². The topological polar surface area (TPSA) is 98.6 Å². The Kier molecular flexibility index (Phi) is 3.86. The molecule has 0 aromatic carbocycles. The number of fused-ring (bicyclic) bond motifs is 1. The van der Waals surface area contributed by atoms with Crippen molar-refractivity contribution in [2.24, 2.45) is 0 Å². The van der Waals surface area contributed by atoms with Crippen molar-refractivity contribution in [2.45, 2.75) is 52.0 Å². The Morgan fingerprint density at radius 2 is 1.93 bits per heavy atom. The Hall–Kier alpha value is -2.72. The smallest absolute Gasteiger partial charge is 0.266 e. The van der Waals surface area contributed by atoms with Crippen LogP contribution in [0.25, 0.3) is 11.2 Å². The number of hydrogen-bond donors (Lipinski definition) is 0. The monoisotopic (exact) mass is 378 g/mol. The van der Waals surface area contributed by atoms with Crippen LogP contribution >= 0.6 is 0 Å². The molecule has 0 atom stereocenters. The molecule has 0 spiro atoms. The summed E-state index contributed by atoms with van der Waals surface area (Å²) in [6.45, 7) is 7.58. The zero-order chi connectivity index (χ0) is 19.4. The van der Waals surface area contributed by atoms with Gasteiger partial charge in [0, 0.05) is 18.4 Å². The van der Waals surface area contributed by atoms with Crippen LogP contribution in [-0.2, 0) is 12.0 Å². The summed E-state index contributed by atoms with van der Waals surface area (Å²) in [6.07, 6.45) is -0.210. The zero-order valence-electron chi connectivity index (χ0n) is 15.6. The quantitative estimate of drug-likeness (QED) is 0.683. The third-order valence-corrected chi connectivity index (χ3v) is 4.26. The Balaban J connectivity index is 1.79. The van der Waals surface area contributed by atoms with Gasteiger partial charge >= 0.3 is 0 Å². The van der Waals surface area contributed by atoms with Crippen LogP contribution in [0.1, 0.15) is 44.7 Å². The summed E-state index contributed by atoms with van der Waals surface area (Å²) in [5, 5.41) is 12.5. The standard InChI is InChI=1S/C16H20F2N8O/c1-9-19-10(27-24-9)7-26-22-11-12(23-26)20-14(15(2,3)4)21-13(11)25-6-5-16(17,18)8-25/h5-8H2,1-4H3. The first-order chi connectivity index (χ1) is 12.6. The predicted octanol–water partition coefficient (Wildman–Crippen LogP) is 2.10. The van der Waals surface area contributed by atoms with Gasteiger partial charge in [-0.1, -0.05) is 25.9 Å². The highest BCUT2D eigenvalue weighted by Gasteiger charge is 2.40. The van der Waals surface area contributed by atoms with Gasteiger partial charge in [-0.25, -0.2) is 18.7 Å². The molecule has 0 aliphatic carbocycles. The third kappa shape index (κ3) is 3.45. The lowest BCUT2D eigenvalue weighted by atomic mass is 9.96. The van der Waals surface area contributed by atoms with Crippen molar-refractivity contribution in [3.05, 3.63) is 17.5 Å². The number of aryl methyl sites for hydroxylation is 1. The van der Waals surface area contributed by atoms with Crippen molar-refractivity contribution < 1.29 is 13.3 Å². The van der Waals surface area contributed by atoms with Crippen LogP contribution < -0.4 is 4.90 Å². The molecule has 0 N–H and O–H groups in total. The zero-order valence-corrected chi connectivity index (χ0v) is 15.6. The first kappa shape index (κ1) is 17.7. The molecule has 1 aliphatic heterocycles. The van der Waals surface area contributed by atoms with Gasteiger partial charge in [0.05, 0.1) is 6.54 Å². The first-order valence-electron chi connectivity index (χ1n) is 8.66. The number of hydrogen-bond acceptors (Lipinski definition) is 8. The maximum absolute atomic E-state index is 13.8. The average molecular weight is 378 g/mol. The van der Waals surface area contributed by atoms with E-state index < -0.39 is 12.5 Å². The molecule has 4 rings (SSSR count). The first-order valence-corrected chi connectivity index (χ1v) is 8.66. The number of rotatable bonds is 3. The van der Waals surface area contributed by atoms with Gasteiger partial charge < -0.3 is 9.42 Å². The fourth-order valence-corrected chi connectivity index (χ4v) is 2.91. The van der Waals surface area contributed by atoms with Crippen LogP contribution in [0.2, 0.25) is 0 Å². The summed E-state index contributed by atoms with van der Waals surface area (Å²) in [7, 11) is 0. The fourth-order valence-electron chi connectivity index (χ4n) is 2.91. The Morgan fingerprint density at radius 1 is 1.15 bits per heavy atom. The van der Waals surface area contributed by atoms with E-state index in [1.807, 2.05) is 20.8 Å². The molecule has 0 saturated carbocycles. The Morgan fingerprint density at radius 3 is 2.52 bits per heavy atom. The van der Waals surface area contributed by atoms with Gasteiger partial charge in [0.1, 0.15) is 12.4 Å². The molecule has 0 amide bonds. The molecule has 3 aromatic heterocycles. The van der Waals surface area contributed by atoms with E-state index in [4.69, 9.17) is 4.52 Å². The van der Waals surface area contributed by atoms with Gasteiger partial charge in [-0.2, -0.15) is 9.78 Å². The minimum Gasteiger partial charge on any atom is -0.348 e. The van der Waals surface area contributed by atoms with Crippen LogP contribution in [0.5, 0.6) is 0 Å². The second kappa shape index (κ2) is 5.89. The van der Waals surface area contributed by atoms with Crippen molar-refractivity contribution in [2.75, 3.05) is 18.0 Å². The number of alkyl halides is 2. The molecule has 11 heteroatoms. The molecule has 0 radical (unpaired) electrons. The van der Waals surface area contributed by atoms with Crippen LogP contribution in [0.15, 0.2) is 4.52 Å². The number of anilines is 1. The van der Waals surface area contributed by atoms with Crippen LogP contribution in [0.3, 0.4) is 0 Å². The Bertz CT molecular complexity index is 990. The molecule has 1 saturated heterocycles. The minimum atomic E-state index is -2.74. The molecule has 1 fully saturated rings. The molecule has 4 heterocycles. The van der Waals surface area contributed by atoms with Crippen molar-refractivity contribution in [3.8, 4) is 0 Å². The number of nitrogens with zero attached hydrogens (tertiary/aromatic N) is 8.